The van der Waals surface area contributed by atoms with Crippen LogP contribution in [0.1, 0.15) is 30.7 Å². The molecule has 0 spiro atoms. The number of carbonyl (C=O) groups excluding carboxylic acids is 1. The van der Waals surface area contributed by atoms with E-state index >= 15 is 0 Å². The number of aromatic nitrogens is 1. The number of carbonyl (C=O) groups is 2. The van der Waals surface area contributed by atoms with Gasteiger partial charge in [0.2, 0.25) is 5.91 Å². The normalized spacial score (nSPS) is 11.6. The Labute approximate surface area is 122 Å². The lowest BCUT2D eigenvalue weighted by molar-refractivity contribution is -0.145. The Hall–Kier alpha value is -2.37. The Morgan fingerprint density at radius 3 is 2.52 bits per heavy atom. The monoisotopic (exact) mass is 290 g/mol. The summed E-state index contributed by atoms with van der Waals surface area (Å²) < 4.78 is 5.22. The molecule has 0 radical (unpaired) electrons. The van der Waals surface area contributed by atoms with Gasteiger partial charge < -0.3 is 14.9 Å². The SMILES string of the molecule is Cc1cc2onc(CC(=O)NC(C)(C)C(=O)O)c2cc1C. The number of fused-ring (bicyclic) bond motifs is 1. The highest BCUT2D eigenvalue weighted by Gasteiger charge is 2.29. The molecule has 0 atom stereocenters. The summed E-state index contributed by atoms with van der Waals surface area (Å²) in [6.07, 6.45) is -0.0216. The summed E-state index contributed by atoms with van der Waals surface area (Å²) >= 11 is 0. The van der Waals surface area contributed by atoms with Crippen molar-refractivity contribution in [3.63, 3.8) is 0 Å². The van der Waals surface area contributed by atoms with Gasteiger partial charge in [0.05, 0.1) is 6.42 Å². The summed E-state index contributed by atoms with van der Waals surface area (Å²) in [5.41, 5.74) is 1.98. The van der Waals surface area contributed by atoms with Crippen molar-refractivity contribution in [1.29, 1.82) is 0 Å². The van der Waals surface area contributed by atoms with Crippen molar-refractivity contribution in [2.24, 2.45) is 0 Å². The van der Waals surface area contributed by atoms with E-state index in [4.69, 9.17) is 9.63 Å². The Bertz CT molecular complexity index is 716. The maximum absolute atomic E-state index is 12.0. The fourth-order valence-electron chi connectivity index (χ4n) is 1.97. The molecular weight excluding hydrogens is 272 g/mol. The van der Waals surface area contributed by atoms with Crippen LogP contribution >= 0.6 is 0 Å². The molecule has 0 saturated carbocycles. The molecule has 2 N–H and O–H groups in total. The maximum Gasteiger partial charge on any atom is 0.328 e. The Kier molecular flexibility index (Phi) is 3.72. The molecular formula is C15H18N2O4. The van der Waals surface area contributed by atoms with Crippen molar-refractivity contribution < 1.29 is 19.2 Å². The van der Waals surface area contributed by atoms with E-state index in [-0.39, 0.29) is 6.42 Å². The highest BCUT2D eigenvalue weighted by atomic mass is 16.5. The van der Waals surface area contributed by atoms with E-state index in [0.717, 1.165) is 16.5 Å². The fourth-order valence-corrected chi connectivity index (χ4v) is 1.97. The molecule has 2 rings (SSSR count). The lowest BCUT2D eigenvalue weighted by Crippen LogP contribution is -2.50. The summed E-state index contributed by atoms with van der Waals surface area (Å²) in [5.74, 6) is -1.50. The number of rotatable bonds is 4. The predicted octanol–water partition coefficient (Wildman–Crippen LogP) is 1.97. The zero-order chi connectivity index (χ0) is 15.8. The van der Waals surface area contributed by atoms with Crippen LogP contribution < -0.4 is 5.32 Å². The lowest BCUT2D eigenvalue weighted by Gasteiger charge is -2.20. The number of carboxylic acid groups (broad SMARTS) is 1. The molecule has 0 aliphatic carbocycles. The van der Waals surface area contributed by atoms with Crippen LogP contribution in [0.15, 0.2) is 16.7 Å². The van der Waals surface area contributed by atoms with Crippen molar-refractivity contribution in [2.45, 2.75) is 39.7 Å². The predicted molar refractivity (Wildman–Crippen MR) is 77.0 cm³/mol. The van der Waals surface area contributed by atoms with E-state index in [9.17, 15) is 9.59 Å². The standard InChI is InChI=1S/C15H18N2O4/c1-8-5-10-11(17-21-12(10)6-9(8)2)7-13(18)16-15(3,4)14(19)20/h5-6H,7H2,1-4H3,(H,16,18)(H,19,20). The topological polar surface area (TPSA) is 92.4 Å². The van der Waals surface area contributed by atoms with Gasteiger partial charge in [0, 0.05) is 5.39 Å². The van der Waals surface area contributed by atoms with Gasteiger partial charge in [0.1, 0.15) is 11.2 Å². The summed E-state index contributed by atoms with van der Waals surface area (Å²) in [4.78, 5) is 23.0. The van der Waals surface area contributed by atoms with Crippen LogP contribution in [0, 0.1) is 13.8 Å². The first-order valence-electron chi connectivity index (χ1n) is 6.60. The molecule has 0 bridgehead atoms. The number of nitrogens with one attached hydrogen (secondary N) is 1. The van der Waals surface area contributed by atoms with E-state index < -0.39 is 17.4 Å². The molecule has 6 heteroatoms. The third kappa shape index (κ3) is 3.04. The fraction of sp³-hybridized carbons (Fsp3) is 0.400. The zero-order valence-corrected chi connectivity index (χ0v) is 12.5. The minimum Gasteiger partial charge on any atom is -0.480 e. The van der Waals surface area contributed by atoms with Crippen LogP contribution in [-0.4, -0.2) is 27.7 Å². The number of aliphatic carboxylic acids is 1. The summed E-state index contributed by atoms with van der Waals surface area (Å²) in [6.45, 7) is 6.81. The van der Waals surface area contributed by atoms with Gasteiger partial charge in [0.25, 0.3) is 0 Å². The van der Waals surface area contributed by atoms with Crippen molar-refractivity contribution in [3.05, 3.63) is 29.0 Å². The number of carboxylic acids is 1. The van der Waals surface area contributed by atoms with Gasteiger partial charge in [-0.25, -0.2) is 4.79 Å². The summed E-state index contributed by atoms with van der Waals surface area (Å²) in [5, 5.41) is 16.2. The summed E-state index contributed by atoms with van der Waals surface area (Å²) in [7, 11) is 0. The second-order valence-electron chi connectivity index (χ2n) is 5.72. The molecule has 0 fully saturated rings. The molecule has 1 aromatic carbocycles. The van der Waals surface area contributed by atoms with Gasteiger partial charge in [-0.3, -0.25) is 4.79 Å². The first-order chi connectivity index (χ1) is 9.70. The smallest absolute Gasteiger partial charge is 0.328 e. The van der Waals surface area contributed by atoms with E-state index in [1.54, 1.807) is 0 Å². The van der Waals surface area contributed by atoms with Gasteiger partial charge in [-0.05, 0) is 51.0 Å². The van der Waals surface area contributed by atoms with Crippen molar-refractivity contribution in [3.8, 4) is 0 Å². The van der Waals surface area contributed by atoms with E-state index in [1.807, 2.05) is 26.0 Å². The van der Waals surface area contributed by atoms with Gasteiger partial charge in [0.15, 0.2) is 5.58 Å². The van der Waals surface area contributed by atoms with Crippen LogP contribution in [0.25, 0.3) is 11.0 Å². The van der Waals surface area contributed by atoms with Crippen LogP contribution in [-0.2, 0) is 16.0 Å². The minimum atomic E-state index is -1.32. The van der Waals surface area contributed by atoms with E-state index in [0.29, 0.717) is 11.3 Å². The second kappa shape index (κ2) is 5.20. The largest absolute Gasteiger partial charge is 0.480 e. The molecule has 1 amide bonds. The Morgan fingerprint density at radius 1 is 1.29 bits per heavy atom. The molecule has 0 aliphatic heterocycles. The molecule has 112 valence electrons. The number of aryl methyl sites for hydroxylation is 2. The molecule has 0 aliphatic rings. The van der Waals surface area contributed by atoms with Crippen LogP contribution in [0.3, 0.4) is 0 Å². The molecule has 0 unspecified atom stereocenters. The number of hydrogen-bond acceptors (Lipinski definition) is 4. The summed E-state index contributed by atoms with van der Waals surface area (Å²) in [6, 6.07) is 3.80. The molecule has 2 aromatic rings. The van der Waals surface area contributed by atoms with Crippen molar-refractivity contribution in [2.75, 3.05) is 0 Å². The van der Waals surface area contributed by atoms with Gasteiger partial charge in [-0.15, -0.1) is 0 Å². The van der Waals surface area contributed by atoms with Gasteiger partial charge in [-0.2, -0.15) is 0 Å². The molecule has 1 aromatic heterocycles. The third-order valence-electron chi connectivity index (χ3n) is 3.48. The Morgan fingerprint density at radius 2 is 1.90 bits per heavy atom. The van der Waals surface area contributed by atoms with E-state index in [1.165, 1.54) is 13.8 Å². The zero-order valence-electron chi connectivity index (χ0n) is 12.5. The first-order valence-corrected chi connectivity index (χ1v) is 6.60. The van der Waals surface area contributed by atoms with E-state index in [2.05, 4.69) is 10.5 Å². The number of benzene rings is 1. The highest BCUT2D eigenvalue weighted by molar-refractivity contribution is 5.90. The van der Waals surface area contributed by atoms with Crippen LogP contribution in [0.2, 0.25) is 0 Å². The number of nitrogens with zero attached hydrogens (tertiary/aromatic N) is 1. The van der Waals surface area contributed by atoms with Gasteiger partial charge in [-0.1, -0.05) is 5.16 Å². The molecule has 1 heterocycles. The first kappa shape index (κ1) is 15.0. The van der Waals surface area contributed by atoms with Gasteiger partial charge >= 0.3 is 5.97 Å². The quantitative estimate of drug-likeness (QED) is 0.898. The maximum atomic E-state index is 12.0. The molecule has 6 nitrogen and oxygen atoms in total. The third-order valence-corrected chi connectivity index (χ3v) is 3.48. The van der Waals surface area contributed by atoms with Crippen LogP contribution in [0.5, 0.6) is 0 Å². The highest BCUT2D eigenvalue weighted by Crippen LogP contribution is 2.23. The average Bonchev–Trinajstić information content (AvgIpc) is 2.71. The Balaban J connectivity index is 2.22. The number of hydrogen-bond donors (Lipinski definition) is 2. The minimum absolute atomic E-state index is 0.0216. The molecule has 21 heavy (non-hydrogen) atoms. The van der Waals surface area contributed by atoms with Crippen LogP contribution in [0.4, 0.5) is 0 Å². The lowest BCUT2D eigenvalue weighted by atomic mass is 10.0. The second-order valence-corrected chi connectivity index (χ2v) is 5.72. The number of amides is 1. The van der Waals surface area contributed by atoms with Crippen molar-refractivity contribution in [1.82, 2.24) is 10.5 Å². The molecule has 0 saturated heterocycles. The average molecular weight is 290 g/mol. The van der Waals surface area contributed by atoms with Crippen molar-refractivity contribution >= 4 is 22.8 Å².